The maximum Gasteiger partial charge on any atom is 0.433 e. The predicted molar refractivity (Wildman–Crippen MR) is 91.6 cm³/mol. The topological polar surface area (TPSA) is 52.7 Å². The van der Waals surface area contributed by atoms with Gasteiger partial charge in [-0.2, -0.15) is 18.3 Å². The lowest BCUT2D eigenvalue weighted by atomic mass is 10.2. The minimum absolute atomic E-state index is 0.149. The second-order valence-electron chi connectivity index (χ2n) is 5.72. The molecule has 26 heavy (non-hydrogen) atoms. The number of hydrogen-bond acceptors (Lipinski definition) is 3. The summed E-state index contributed by atoms with van der Waals surface area (Å²) in [6, 6.07) is 8.55. The number of nitrogens with zero attached hydrogens (tertiary/aromatic N) is 4. The second-order valence-corrected chi connectivity index (χ2v) is 6.13. The number of aryl methyl sites for hydroxylation is 1. The van der Waals surface area contributed by atoms with Gasteiger partial charge in [-0.1, -0.05) is 23.7 Å². The molecule has 0 aliphatic heterocycles. The van der Waals surface area contributed by atoms with Gasteiger partial charge in [0, 0.05) is 18.6 Å². The molecule has 0 saturated carbocycles. The minimum atomic E-state index is -4.64. The first kappa shape index (κ1) is 16.6. The molecule has 3 aromatic heterocycles. The Morgan fingerprint density at radius 1 is 1.08 bits per heavy atom. The molecule has 0 spiro atoms. The van der Waals surface area contributed by atoms with Crippen LogP contribution in [0.25, 0.3) is 27.6 Å². The number of hydrogen-bond donors (Lipinski definition) is 0. The number of aromatic nitrogens is 4. The molecule has 132 valence electrons. The summed E-state index contributed by atoms with van der Waals surface area (Å²) in [5.74, 6) is 0. The average molecular weight is 379 g/mol. The van der Waals surface area contributed by atoms with Crippen LogP contribution in [0.5, 0.6) is 0 Å². The molecule has 0 fully saturated rings. The van der Waals surface area contributed by atoms with Crippen LogP contribution in [0.4, 0.5) is 13.2 Å². The molecule has 5 nitrogen and oxygen atoms in total. The highest BCUT2D eigenvalue weighted by Crippen LogP contribution is 2.31. The number of para-hydroxylation sites is 1. The van der Waals surface area contributed by atoms with Crippen molar-refractivity contribution in [2.45, 2.75) is 6.18 Å². The molecular formula is C17H10ClF3N4O. The van der Waals surface area contributed by atoms with E-state index >= 15 is 0 Å². The Balaban J connectivity index is 2.24. The lowest BCUT2D eigenvalue weighted by molar-refractivity contribution is -0.141. The third kappa shape index (κ3) is 2.45. The Labute approximate surface area is 149 Å². The molecular weight excluding hydrogens is 369 g/mol. The highest BCUT2D eigenvalue weighted by atomic mass is 35.5. The molecule has 0 aliphatic carbocycles. The van der Waals surface area contributed by atoms with E-state index < -0.39 is 17.4 Å². The van der Waals surface area contributed by atoms with Crippen LogP contribution in [0.3, 0.4) is 0 Å². The Bertz CT molecular complexity index is 1230. The van der Waals surface area contributed by atoms with E-state index in [9.17, 15) is 18.0 Å². The third-order valence-corrected chi connectivity index (χ3v) is 4.31. The fourth-order valence-corrected chi connectivity index (χ4v) is 3.10. The largest absolute Gasteiger partial charge is 0.433 e. The molecule has 9 heteroatoms. The van der Waals surface area contributed by atoms with Crippen molar-refractivity contribution in [1.82, 2.24) is 19.3 Å². The van der Waals surface area contributed by atoms with E-state index in [-0.39, 0.29) is 27.3 Å². The summed E-state index contributed by atoms with van der Waals surface area (Å²) in [5.41, 5.74) is -1.25. The number of halogens is 4. The molecule has 4 rings (SSSR count). The predicted octanol–water partition coefficient (Wildman–Crippen LogP) is 3.94. The van der Waals surface area contributed by atoms with Crippen LogP contribution >= 0.6 is 11.6 Å². The number of fused-ring (bicyclic) bond motifs is 3. The Kier molecular flexibility index (Phi) is 3.55. The molecule has 0 saturated heterocycles. The van der Waals surface area contributed by atoms with Gasteiger partial charge in [0.25, 0.3) is 5.56 Å². The molecule has 0 amide bonds. The van der Waals surface area contributed by atoms with Crippen molar-refractivity contribution in [2.24, 2.45) is 7.05 Å². The number of benzene rings is 1. The first-order valence-electron chi connectivity index (χ1n) is 7.48. The van der Waals surface area contributed by atoms with Gasteiger partial charge in [0.1, 0.15) is 16.9 Å². The maximum absolute atomic E-state index is 13.2. The summed E-state index contributed by atoms with van der Waals surface area (Å²) in [6.07, 6.45) is -3.13. The molecule has 0 aliphatic rings. The zero-order valence-corrected chi connectivity index (χ0v) is 14.0. The van der Waals surface area contributed by atoms with E-state index in [2.05, 4.69) is 10.1 Å². The van der Waals surface area contributed by atoms with Crippen molar-refractivity contribution in [3.8, 4) is 5.69 Å². The average Bonchev–Trinajstić information content (AvgIpc) is 2.97. The van der Waals surface area contributed by atoms with Gasteiger partial charge in [-0.3, -0.25) is 14.0 Å². The lowest BCUT2D eigenvalue weighted by Gasteiger charge is -2.13. The summed E-state index contributed by atoms with van der Waals surface area (Å²) < 4.78 is 42.0. The number of rotatable bonds is 1. The molecule has 1 aromatic carbocycles. The van der Waals surface area contributed by atoms with E-state index in [1.165, 1.54) is 16.9 Å². The zero-order chi connectivity index (χ0) is 18.6. The van der Waals surface area contributed by atoms with Gasteiger partial charge in [0.2, 0.25) is 0 Å². The SMILES string of the molecule is Cn1cc2c(=O)n(-c3ccccc3Cl)c3nc(C(F)(F)F)ccc3c2n1. The molecule has 0 bridgehead atoms. The monoisotopic (exact) mass is 378 g/mol. The normalized spacial score (nSPS) is 12.2. The van der Waals surface area contributed by atoms with E-state index in [0.717, 1.165) is 10.6 Å². The quantitative estimate of drug-likeness (QED) is 0.504. The summed E-state index contributed by atoms with van der Waals surface area (Å²) in [4.78, 5) is 16.7. The van der Waals surface area contributed by atoms with Gasteiger partial charge < -0.3 is 0 Å². The van der Waals surface area contributed by atoms with Crippen LogP contribution in [0.1, 0.15) is 5.69 Å². The van der Waals surface area contributed by atoms with Crippen LogP contribution in [0, 0.1) is 0 Å². The van der Waals surface area contributed by atoms with Gasteiger partial charge in [-0.25, -0.2) is 4.98 Å². The van der Waals surface area contributed by atoms with Gasteiger partial charge in [-0.05, 0) is 24.3 Å². The molecule has 0 radical (unpaired) electrons. The Morgan fingerprint density at radius 2 is 1.81 bits per heavy atom. The van der Waals surface area contributed by atoms with Crippen molar-refractivity contribution < 1.29 is 13.2 Å². The van der Waals surface area contributed by atoms with Gasteiger partial charge >= 0.3 is 6.18 Å². The van der Waals surface area contributed by atoms with Crippen molar-refractivity contribution in [2.75, 3.05) is 0 Å². The molecule has 0 atom stereocenters. The summed E-state index contributed by atoms with van der Waals surface area (Å²) >= 11 is 6.19. The third-order valence-electron chi connectivity index (χ3n) is 3.99. The van der Waals surface area contributed by atoms with Crippen molar-refractivity contribution in [3.05, 3.63) is 63.7 Å². The second kappa shape index (κ2) is 5.57. The number of alkyl halides is 3. The van der Waals surface area contributed by atoms with E-state index in [0.29, 0.717) is 5.39 Å². The van der Waals surface area contributed by atoms with Crippen molar-refractivity contribution in [3.63, 3.8) is 0 Å². The van der Waals surface area contributed by atoms with Crippen LogP contribution < -0.4 is 5.56 Å². The summed E-state index contributed by atoms with van der Waals surface area (Å²) in [5, 5.41) is 5.01. The first-order chi connectivity index (χ1) is 12.3. The van der Waals surface area contributed by atoms with Gasteiger partial charge in [-0.15, -0.1) is 0 Å². The highest BCUT2D eigenvalue weighted by molar-refractivity contribution is 6.32. The summed E-state index contributed by atoms with van der Waals surface area (Å²) in [7, 11) is 1.63. The fraction of sp³-hybridized carbons (Fsp3) is 0.118. The number of pyridine rings is 2. The van der Waals surface area contributed by atoms with E-state index in [1.54, 1.807) is 31.3 Å². The smallest absolute Gasteiger partial charge is 0.274 e. The fourth-order valence-electron chi connectivity index (χ4n) is 2.88. The van der Waals surface area contributed by atoms with Crippen LogP contribution in [0.15, 0.2) is 47.4 Å². The Morgan fingerprint density at radius 3 is 2.50 bits per heavy atom. The molecule has 0 N–H and O–H groups in total. The highest BCUT2D eigenvalue weighted by Gasteiger charge is 2.33. The van der Waals surface area contributed by atoms with Crippen molar-refractivity contribution in [1.29, 1.82) is 0 Å². The standard InChI is InChI=1S/C17H10ClF3N4O/c1-24-8-10-14(23-24)9-6-7-13(17(19,20)21)22-15(9)25(16(10)26)12-5-3-2-4-11(12)18/h2-8H,1H3. The zero-order valence-electron chi connectivity index (χ0n) is 13.3. The maximum atomic E-state index is 13.2. The Hall–Kier alpha value is -2.87. The van der Waals surface area contributed by atoms with Crippen LogP contribution in [-0.4, -0.2) is 19.3 Å². The van der Waals surface area contributed by atoms with Crippen molar-refractivity contribution >= 4 is 33.5 Å². The van der Waals surface area contributed by atoms with E-state index in [4.69, 9.17) is 11.6 Å². The summed E-state index contributed by atoms with van der Waals surface area (Å²) in [6.45, 7) is 0. The van der Waals surface area contributed by atoms with E-state index in [1.807, 2.05) is 0 Å². The van der Waals surface area contributed by atoms with Crippen LogP contribution in [-0.2, 0) is 13.2 Å². The van der Waals surface area contributed by atoms with Gasteiger partial charge in [0.15, 0.2) is 0 Å². The molecule has 0 unspecified atom stereocenters. The minimum Gasteiger partial charge on any atom is -0.274 e. The first-order valence-corrected chi connectivity index (χ1v) is 7.86. The lowest BCUT2D eigenvalue weighted by Crippen LogP contribution is -2.21. The van der Waals surface area contributed by atoms with Gasteiger partial charge in [0.05, 0.1) is 16.1 Å². The molecule has 3 heterocycles. The van der Waals surface area contributed by atoms with Crippen LogP contribution in [0.2, 0.25) is 5.02 Å². The molecule has 4 aromatic rings.